The minimum absolute atomic E-state index is 0.0452. The maximum atomic E-state index is 12.9. The molecule has 0 bridgehead atoms. The Kier molecular flexibility index (Phi) is 5.38. The van der Waals surface area contributed by atoms with Gasteiger partial charge in [-0.1, -0.05) is 25.3 Å². The molecule has 5 nitrogen and oxygen atoms in total. The Labute approximate surface area is 142 Å². The smallest absolute Gasteiger partial charge is 0.341 e. The summed E-state index contributed by atoms with van der Waals surface area (Å²) in [6, 6.07) is 7.23. The van der Waals surface area contributed by atoms with Crippen molar-refractivity contribution in [3.05, 3.63) is 29.8 Å². The molecule has 1 saturated carbocycles. The van der Waals surface area contributed by atoms with E-state index in [4.69, 9.17) is 9.84 Å². The second kappa shape index (κ2) is 7.69. The van der Waals surface area contributed by atoms with Crippen LogP contribution in [0.4, 0.5) is 0 Å². The molecule has 1 amide bonds. The maximum absolute atomic E-state index is 12.9. The number of aliphatic carboxylic acids is 1. The summed E-state index contributed by atoms with van der Waals surface area (Å²) >= 11 is 0. The maximum Gasteiger partial charge on any atom is 0.341 e. The predicted molar refractivity (Wildman–Crippen MR) is 90.2 cm³/mol. The summed E-state index contributed by atoms with van der Waals surface area (Å²) < 4.78 is 5.19. The van der Waals surface area contributed by atoms with Crippen molar-refractivity contribution >= 4 is 11.9 Å². The van der Waals surface area contributed by atoms with Crippen LogP contribution in [0.1, 0.15) is 55.3 Å². The number of carboxylic acids is 1. The van der Waals surface area contributed by atoms with Gasteiger partial charge < -0.3 is 14.7 Å². The van der Waals surface area contributed by atoms with Gasteiger partial charge in [-0.15, -0.1) is 0 Å². The van der Waals surface area contributed by atoms with Crippen LogP contribution in [0.25, 0.3) is 0 Å². The molecule has 1 atom stereocenters. The van der Waals surface area contributed by atoms with Crippen molar-refractivity contribution in [2.24, 2.45) is 5.92 Å². The van der Waals surface area contributed by atoms with Crippen LogP contribution < -0.4 is 4.74 Å². The molecular weight excluding hydrogens is 306 g/mol. The number of likely N-dealkylation sites (tertiary alicyclic amines) is 1. The molecule has 5 heteroatoms. The number of ether oxygens (including phenoxy) is 1. The molecule has 3 rings (SSSR count). The zero-order valence-electron chi connectivity index (χ0n) is 13.9. The average Bonchev–Trinajstić information content (AvgIpc) is 3.10. The van der Waals surface area contributed by atoms with Gasteiger partial charge in [-0.05, 0) is 49.8 Å². The molecule has 1 heterocycles. The van der Waals surface area contributed by atoms with Crippen molar-refractivity contribution < 1.29 is 19.4 Å². The van der Waals surface area contributed by atoms with Crippen LogP contribution in [-0.2, 0) is 4.79 Å². The van der Waals surface area contributed by atoms with Gasteiger partial charge in [0.25, 0.3) is 5.91 Å². The van der Waals surface area contributed by atoms with Gasteiger partial charge in [0.1, 0.15) is 5.75 Å². The highest BCUT2D eigenvalue weighted by Crippen LogP contribution is 2.35. The Morgan fingerprint density at radius 2 is 1.92 bits per heavy atom. The van der Waals surface area contributed by atoms with Gasteiger partial charge >= 0.3 is 5.97 Å². The third-order valence-electron chi connectivity index (χ3n) is 5.20. The summed E-state index contributed by atoms with van der Waals surface area (Å²) in [7, 11) is 0. The first-order valence-electron chi connectivity index (χ1n) is 8.91. The van der Waals surface area contributed by atoms with Crippen molar-refractivity contribution in [2.45, 2.75) is 51.0 Å². The number of rotatable bonds is 5. The molecule has 130 valence electrons. The lowest BCUT2D eigenvalue weighted by atomic mass is 9.83. The summed E-state index contributed by atoms with van der Waals surface area (Å²) in [5.74, 6) is 0.0841. The monoisotopic (exact) mass is 331 g/mol. The zero-order chi connectivity index (χ0) is 16.9. The Hall–Kier alpha value is -2.04. The van der Waals surface area contributed by atoms with Crippen molar-refractivity contribution in [3.8, 4) is 5.75 Å². The van der Waals surface area contributed by atoms with Gasteiger partial charge in [0.05, 0.1) is 0 Å². The Bertz CT molecular complexity index is 595. The van der Waals surface area contributed by atoms with Crippen LogP contribution in [0.15, 0.2) is 24.3 Å². The second-order valence-electron chi connectivity index (χ2n) is 6.82. The summed E-state index contributed by atoms with van der Waals surface area (Å²) in [6.07, 6.45) is 8.52. The van der Waals surface area contributed by atoms with Gasteiger partial charge in [-0.25, -0.2) is 4.79 Å². The van der Waals surface area contributed by atoms with E-state index in [-0.39, 0.29) is 5.91 Å². The van der Waals surface area contributed by atoms with E-state index in [1.54, 1.807) is 24.3 Å². The topological polar surface area (TPSA) is 66.8 Å². The number of carbonyl (C=O) groups is 2. The fraction of sp³-hybridized carbons (Fsp3) is 0.579. The van der Waals surface area contributed by atoms with E-state index in [0.29, 0.717) is 23.3 Å². The van der Waals surface area contributed by atoms with Gasteiger partial charge in [-0.3, -0.25) is 4.79 Å². The average molecular weight is 331 g/mol. The molecule has 24 heavy (non-hydrogen) atoms. The quantitative estimate of drug-likeness (QED) is 0.898. The summed E-state index contributed by atoms with van der Waals surface area (Å²) in [4.78, 5) is 25.6. The number of hydrogen-bond donors (Lipinski definition) is 1. The van der Waals surface area contributed by atoms with Crippen molar-refractivity contribution in [3.63, 3.8) is 0 Å². The highest BCUT2D eigenvalue weighted by atomic mass is 16.5. The molecule has 2 aliphatic rings. The fourth-order valence-corrected chi connectivity index (χ4v) is 4.08. The van der Waals surface area contributed by atoms with E-state index in [0.717, 1.165) is 19.4 Å². The molecule has 0 radical (unpaired) electrons. The number of carboxylic acid groups (broad SMARTS) is 1. The van der Waals surface area contributed by atoms with Gasteiger partial charge in [0.15, 0.2) is 6.61 Å². The fourth-order valence-electron chi connectivity index (χ4n) is 4.08. The first-order valence-corrected chi connectivity index (χ1v) is 8.91. The van der Waals surface area contributed by atoms with Crippen molar-refractivity contribution in [2.75, 3.05) is 13.2 Å². The zero-order valence-corrected chi connectivity index (χ0v) is 13.9. The molecule has 0 spiro atoms. The second-order valence-corrected chi connectivity index (χ2v) is 6.82. The number of nitrogens with zero attached hydrogens (tertiary/aromatic N) is 1. The Morgan fingerprint density at radius 3 is 2.67 bits per heavy atom. The molecule has 1 saturated heterocycles. The standard InChI is InChI=1S/C19H25NO4/c21-18(22)13-24-16-9-4-8-15(12-16)19(23)20-11-5-10-17(20)14-6-2-1-3-7-14/h4,8-9,12,14,17H,1-3,5-7,10-11,13H2,(H,21,22). The van der Waals surface area contributed by atoms with Crippen molar-refractivity contribution in [1.82, 2.24) is 4.90 Å². The van der Waals surface area contributed by atoms with Crippen LogP contribution in [-0.4, -0.2) is 41.1 Å². The van der Waals surface area contributed by atoms with Crippen LogP contribution in [0.3, 0.4) is 0 Å². The first-order chi connectivity index (χ1) is 11.6. The largest absolute Gasteiger partial charge is 0.482 e. The Balaban J connectivity index is 1.70. The lowest BCUT2D eigenvalue weighted by molar-refractivity contribution is -0.139. The van der Waals surface area contributed by atoms with E-state index in [1.165, 1.54) is 32.1 Å². The minimum atomic E-state index is -1.02. The number of hydrogen-bond acceptors (Lipinski definition) is 3. The third-order valence-corrected chi connectivity index (χ3v) is 5.20. The highest BCUT2D eigenvalue weighted by Gasteiger charge is 2.35. The number of carbonyl (C=O) groups excluding carboxylic acids is 1. The molecule has 1 unspecified atom stereocenters. The van der Waals surface area contributed by atoms with Gasteiger partial charge in [0.2, 0.25) is 0 Å². The SMILES string of the molecule is O=C(O)COc1cccc(C(=O)N2CCCC2C2CCCCC2)c1. The first kappa shape index (κ1) is 16.8. The van der Waals surface area contributed by atoms with Crippen LogP contribution in [0.2, 0.25) is 0 Å². The normalized spacial score (nSPS) is 21.7. The van der Waals surface area contributed by atoms with E-state index < -0.39 is 12.6 Å². The predicted octanol–water partition coefficient (Wildman–Crippen LogP) is 3.33. The summed E-state index contributed by atoms with van der Waals surface area (Å²) in [5, 5.41) is 8.70. The summed E-state index contributed by atoms with van der Waals surface area (Å²) in [5.41, 5.74) is 0.584. The minimum Gasteiger partial charge on any atom is -0.482 e. The van der Waals surface area contributed by atoms with Crippen LogP contribution >= 0.6 is 0 Å². The highest BCUT2D eigenvalue weighted by molar-refractivity contribution is 5.95. The van der Waals surface area contributed by atoms with Gasteiger partial charge in [0, 0.05) is 18.2 Å². The van der Waals surface area contributed by atoms with Gasteiger partial charge in [-0.2, -0.15) is 0 Å². The molecule has 1 aromatic carbocycles. The van der Waals surface area contributed by atoms with Crippen LogP contribution in [0.5, 0.6) is 5.75 Å². The molecule has 1 N–H and O–H groups in total. The number of benzene rings is 1. The lowest BCUT2D eigenvalue weighted by Crippen LogP contribution is -2.40. The molecule has 1 aliphatic heterocycles. The van der Waals surface area contributed by atoms with Crippen LogP contribution in [0, 0.1) is 5.92 Å². The lowest BCUT2D eigenvalue weighted by Gasteiger charge is -2.34. The molecule has 0 aromatic heterocycles. The van der Waals surface area contributed by atoms with Crippen molar-refractivity contribution in [1.29, 1.82) is 0 Å². The van der Waals surface area contributed by atoms with E-state index in [1.807, 2.05) is 4.90 Å². The molecule has 1 aromatic rings. The Morgan fingerprint density at radius 1 is 1.12 bits per heavy atom. The van der Waals surface area contributed by atoms with E-state index in [2.05, 4.69) is 0 Å². The molecule has 2 fully saturated rings. The third kappa shape index (κ3) is 3.89. The molecular formula is C19H25NO4. The summed E-state index contributed by atoms with van der Waals surface area (Å²) in [6.45, 7) is 0.423. The number of amides is 1. The van der Waals surface area contributed by atoms with E-state index >= 15 is 0 Å². The molecule has 1 aliphatic carbocycles. The van der Waals surface area contributed by atoms with E-state index in [9.17, 15) is 9.59 Å².